The van der Waals surface area contributed by atoms with E-state index in [-0.39, 0.29) is 23.5 Å². The Labute approximate surface area is 281 Å². The second-order valence-electron chi connectivity index (χ2n) is 12.9. The number of unbranched alkanes of at least 4 members (excludes halogenated alkanes) is 3. The second kappa shape index (κ2) is 16.1. The van der Waals surface area contributed by atoms with E-state index in [9.17, 15) is 19.8 Å². The number of fused-ring (bicyclic) bond motifs is 4. The third-order valence-electron chi connectivity index (χ3n) is 9.50. The molecular formula is C38H46N4O6. The molecule has 48 heavy (non-hydrogen) atoms. The Bertz CT molecular complexity index is 1700. The number of aromatic amines is 1. The number of hydrogen-bond donors (Lipinski definition) is 4. The van der Waals surface area contributed by atoms with E-state index in [1.54, 1.807) is 17.0 Å². The number of aliphatic hydroxyl groups is 1. The molecule has 3 saturated heterocycles. The number of aromatic hydroxyl groups is 1. The molecule has 3 aliphatic rings. The molecule has 7 rings (SSSR count). The Kier molecular flexibility index (Phi) is 11.3. The minimum Gasteiger partial charge on any atom is -0.506 e. The van der Waals surface area contributed by atoms with Crippen LogP contribution in [0.4, 0.5) is 10.5 Å². The van der Waals surface area contributed by atoms with Crippen molar-refractivity contribution < 1.29 is 24.5 Å². The third kappa shape index (κ3) is 8.55. The van der Waals surface area contributed by atoms with Gasteiger partial charge in [0.15, 0.2) is 0 Å². The first-order valence-electron chi connectivity index (χ1n) is 17.2. The molecule has 0 radical (unpaired) electrons. The molecule has 1 aromatic heterocycles. The zero-order valence-corrected chi connectivity index (χ0v) is 27.4. The van der Waals surface area contributed by atoms with Crippen LogP contribution in [-0.2, 0) is 11.3 Å². The number of phenolic OH excluding ortho intramolecular Hbond substituents is 1. The van der Waals surface area contributed by atoms with E-state index < -0.39 is 6.10 Å². The number of carbonyl (C=O) groups is 1. The lowest BCUT2D eigenvalue weighted by Gasteiger charge is -2.44. The van der Waals surface area contributed by atoms with Crippen molar-refractivity contribution in [1.82, 2.24) is 15.2 Å². The number of anilines is 1. The van der Waals surface area contributed by atoms with Crippen LogP contribution < -0.4 is 20.5 Å². The SMILES string of the molecule is O=C(O[C@H]1CN2CCC1CC2)N(Cc1ccccc1)c1cccc(OCCCCCCNC[C@H](O)c2ccc(O)c3[nH]c(=O)ccc23)c1. The van der Waals surface area contributed by atoms with E-state index in [4.69, 9.17) is 9.47 Å². The fraction of sp³-hybridized carbons (Fsp3) is 0.421. The zero-order chi connectivity index (χ0) is 33.3. The molecule has 10 heteroatoms. The number of hydrogen-bond acceptors (Lipinski definition) is 8. The second-order valence-corrected chi connectivity index (χ2v) is 12.9. The van der Waals surface area contributed by atoms with Crippen LogP contribution in [0.15, 0.2) is 83.7 Å². The van der Waals surface area contributed by atoms with Crippen LogP contribution in [0.5, 0.6) is 11.5 Å². The topological polar surface area (TPSA) is 127 Å². The lowest BCUT2D eigenvalue weighted by molar-refractivity contribution is -0.0311. The standard InChI is InChI=1S/C38H46N4O6/c43-33-15-13-31(32-14-16-36(45)40-37(32)33)34(44)24-39-19-6-1-2-7-22-47-30-12-8-11-29(23-30)42(25-27-9-4-3-5-10-27)38(46)48-35-26-41-20-17-28(35)18-21-41/h3-5,8-16,23,28,34-35,39,43-44H,1-2,6-7,17-22,24-26H2,(H,40,45)/t34-,35-/m0/s1. The van der Waals surface area contributed by atoms with Crippen LogP contribution >= 0.6 is 0 Å². The number of carbonyl (C=O) groups excluding carboxylic acids is 1. The number of piperidine rings is 3. The van der Waals surface area contributed by atoms with Crippen LogP contribution in [-0.4, -0.2) is 71.6 Å². The summed E-state index contributed by atoms with van der Waals surface area (Å²) in [4.78, 5) is 32.0. The van der Waals surface area contributed by atoms with Crippen molar-refractivity contribution >= 4 is 22.7 Å². The molecule has 1 amide bonds. The van der Waals surface area contributed by atoms with Gasteiger partial charge in [-0.15, -0.1) is 0 Å². The summed E-state index contributed by atoms with van der Waals surface area (Å²) in [6.07, 6.45) is 4.91. The number of phenols is 1. The number of benzene rings is 3. The number of nitrogens with zero attached hydrogens (tertiary/aromatic N) is 2. The van der Waals surface area contributed by atoms with E-state index in [0.29, 0.717) is 42.1 Å². The Morgan fingerprint density at radius 3 is 2.58 bits per heavy atom. The van der Waals surface area contributed by atoms with Gasteiger partial charge < -0.3 is 30.0 Å². The van der Waals surface area contributed by atoms with Crippen molar-refractivity contribution in [3.8, 4) is 11.5 Å². The van der Waals surface area contributed by atoms with Crippen LogP contribution in [0.1, 0.15) is 55.8 Å². The molecule has 3 aliphatic heterocycles. The van der Waals surface area contributed by atoms with Gasteiger partial charge in [-0.2, -0.15) is 0 Å². The molecule has 3 aromatic carbocycles. The maximum absolute atomic E-state index is 13.6. The first kappa shape index (κ1) is 33.5. The molecule has 4 aromatic rings. The first-order chi connectivity index (χ1) is 23.4. The Morgan fingerprint density at radius 2 is 1.79 bits per heavy atom. The van der Waals surface area contributed by atoms with Crippen molar-refractivity contribution in [3.63, 3.8) is 0 Å². The summed E-state index contributed by atoms with van der Waals surface area (Å²) in [5.74, 6) is 1.14. The highest BCUT2D eigenvalue weighted by Gasteiger charge is 2.37. The number of rotatable bonds is 15. The van der Waals surface area contributed by atoms with Gasteiger partial charge in [0.1, 0.15) is 17.6 Å². The fourth-order valence-electron chi connectivity index (χ4n) is 6.80. The van der Waals surface area contributed by atoms with Gasteiger partial charge in [-0.05, 0) is 86.6 Å². The maximum Gasteiger partial charge on any atom is 0.414 e. The van der Waals surface area contributed by atoms with Crippen LogP contribution in [0.2, 0.25) is 0 Å². The van der Waals surface area contributed by atoms with Gasteiger partial charge in [-0.25, -0.2) is 4.79 Å². The molecule has 0 saturated carbocycles. The summed E-state index contributed by atoms with van der Waals surface area (Å²) in [5.41, 5.74) is 2.47. The Hall–Kier alpha value is -4.38. The van der Waals surface area contributed by atoms with Gasteiger partial charge in [0, 0.05) is 30.6 Å². The van der Waals surface area contributed by atoms with Crippen LogP contribution in [0.3, 0.4) is 0 Å². The van der Waals surface area contributed by atoms with Crippen LogP contribution in [0, 0.1) is 5.92 Å². The van der Waals surface area contributed by atoms with Crippen molar-refractivity contribution in [1.29, 1.82) is 0 Å². The number of pyridine rings is 1. The lowest BCUT2D eigenvalue weighted by atomic mass is 9.86. The summed E-state index contributed by atoms with van der Waals surface area (Å²) in [6, 6.07) is 23.9. The molecule has 2 atom stereocenters. The quantitative estimate of drug-likeness (QED) is 0.120. The third-order valence-corrected chi connectivity index (χ3v) is 9.50. The predicted molar refractivity (Wildman–Crippen MR) is 187 cm³/mol. The number of amides is 1. The molecule has 0 spiro atoms. The predicted octanol–water partition coefficient (Wildman–Crippen LogP) is 5.73. The van der Waals surface area contributed by atoms with Gasteiger partial charge in [0.2, 0.25) is 5.56 Å². The van der Waals surface area contributed by atoms with Crippen molar-refractivity contribution in [2.75, 3.05) is 44.2 Å². The number of aliphatic hydroxyl groups excluding tert-OH is 1. The summed E-state index contributed by atoms with van der Waals surface area (Å²) in [7, 11) is 0. The minimum atomic E-state index is -0.769. The van der Waals surface area contributed by atoms with Crippen LogP contribution in [0.25, 0.3) is 10.9 Å². The van der Waals surface area contributed by atoms with E-state index >= 15 is 0 Å². The maximum atomic E-state index is 13.6. The van der Waals surface area contributed by atoms with E-state index in [1.807, 2.05) is 54.6 Å². The van der Waals surface area contributed by atoms with Gasteiger partial charge in [0.05, 0.1) is 30.5 Å². The highest BCUT2D eigenvalue weighted by Crippen LogP contribution is 2.32. The molecule has 254 valence electrons. The van der Waals surface area contributed by atoms with Gasteiger partial charge in [-0.3, -0.25) is 14.6 Å². The monoisotopic (exact) mass is 654 g/mol. The number of nitrogens with one attached hydrogen (secondary N) is 2. The summed E-state index contributed by atoms with van der Waals surface area (Å²) in [5, 5.41) is 24.7. The highest BCUT2D eigenvalue weighted by atomic mass is 16.6. The lowest BCUT2D eigenvalue weighted by Crippen LogP contribution is -2.53. The number of ether oxygens (including phenoxy) is 2. The molecule has 4 N–H and O–H groups in total. The summed E-state index contributed by atoms with van der Waals surface area (Å²) >= 11 is 0. The zero-order valence-electron chi connectivity index (χ0n) is 27.4. The largest absolute Gasteiger partial charge is 0.506 e. The smallest absolute Gasteiger partial charge is 0.414 e. The van der Waals surface area contributed by atoms with E-state index in [0.717, 1.165) is 81.7 Å². The summed E-state index contributed by atoms with van der Waals surface area (Å²) < 4.78 is 12.2. The number of aromatic nitrogens is 1. The van der Waals surface area contributed by atoms with Crippen molar-refractivity contribution in [2.24, 2.45) is 5.92 Å². The molecule has 4 heterocycles. The van der Waals surface area contributed by atoms with Crippen molar-refractivity contribution in [2.45, 2.75) is 57.3 Å². The molecular weight excluding hydrogens is 608 g/mol. The molecule has 2 bridgehead atoms. The van der Waals surface area contributed by atoms with E-state index in [2.05, 4.69) is 15.2 Å². The van der Waals surface area contributed by atoms with Gasteiger partial charge in [0.25, 0.3) is 0 Å². The molecule has 3 fully saturated rings. The summed E-state index contributed by atoms with van der Waals surface area (Å²) in [6.45, 7) is 5.14. The average molecular weight is 655 g/mol. The van der Waals surface area contributed by atoms with E-state index in [1.165, 1.54) is 12.1 Å². The molecule has 0 aliphatic carbocycles. The fourth-order valence-corrected chi connectivity index (χ4v) is 6.80. The normalized spacial score (nSPS) is 19.2. The number of H-pyrrole nitrogens is 1. The van der Waals surface area contributed by atoms with Crippen molar-refractivity contribution in [3.05, 3.63) is 100 Å². The minimum absolute atomic E-state index is 0.0205. The van der Waals surface area contributed by atoms with Gasteiger partial charge >= 0.3 is 6.09 Å². The average Bonchev–Trinajstić information content (AvgIpc) is 3.11. The molecule has 10 nitrogen and oxygen atoms in total. The Balaban J connectivity index is 0.939. The van der Waals surface area contributed by atoms with Gasteiger partial charge in [-0.1, -0.05) is 55.3 Å². The molecule has 0 unspecified atom stereocenters. The Morgan fingerprint density at radius 1 is 0.979 bits per heavy atom. The highest BCUT2D eigenvalue weighted by molar-refractivity contribution is 5.88. The first-order valence-corrected chi connectivity index (χ1v) is 17.2.